The summed E-state index contributed by atoms with van der Waals surface area (Å²) in [6.45, 7) is 0. The van der Waals surface area contributed by atoms with Crippen LogP contribution in [0.5, 0.6) is 0 Å². The molecule has 0 radical (unpaired) electrons. The quantitative estimate of drug-likeness (QED) is 0.695. The minimum absolute atomic E-state index is 0.176. The minimum Gasteiger partial charge on any atom is -0.469 e. The molecule has 2 bridgehead atoms. The second-order valence-corrected chi connectivity index (χ2v) is 8.20. The predicted octanol–water partition coefficient (Wildman–Crippen LogP) is 4.47. The third kappa shape index (κ3) is 3.69. The molecule has 2 aliphatic heterocycles. The summed E-state index contributed by atoms with van der Waals surface area (Å²) in [4.78, 5) is 15.0. The normalized spacial score (nSPS) is 28.1. The first-order chi connectivity index (χ1) is 13.6. The van der Waals surface area contributed by atoms with E-state index in [0.717, 1.165) is 30.4 Å². The van der Waals surface area contributed by atoms with Gasteiger partial charge in [0.2, 0.25) is 0 Å². The van der Waals surface area contributed by atoms with Crippen LogP contribution in [0, 0.1) is 5.92 Å². The third-order valence-corrected chi connectivity index (χ3v) is 6.53. The second-order valence-electron chi connectivity index (χ2n) is 7.77. The number of hydrogen-bond acceptors (Lipinski definition) is 4. The first kappa shape index (κ1) is 19.4. The Kier molecular flexibility index (Phi) is 5.72. The molecule has 148 valence electrons. The molecule has 2 saturated heterocycles. The molecule has 5 atom stereocenters. The van der Waals surface area contributed by atoms with Crippen LogP contribution in [-0.2, 0) is 14.3 Å². The molecule has 0 aliphatic carbocycles. The Morgan fingerprint density at radius 1 is 1.07 bits per heavy atom. The average Bonchev–Trinajstić information content (AvgIpc) is 2.96. The Morgan fingerprint density at radius 3 is 2.43 bits per heavy atom. The lowest BCUT2D eigenvalue weighted by Crippen LogP contribution is -2.53. The Morgan fingerprint density at radius 2 is 1.75 bits per heavy atom. The number of piperidine rings is 1. The number of methoxy groups -OCH3 is 1. The topological polar surface area (TPSA) is 38.8 Å². The molecule has 2 aromatic carbocycles. The minimum atomic E-state index is -0.271. The van der Waals surface area contributed by atoms with Gasteiger partial charge in [-0.3, -0.25) is 9.69 Å². The fourth-order valence-electron chi connectivity index (χ4n) is 4.80. The van der Waals surface area contributed by atoms with Crippen molar-refractivity contribution in [3.05, 3.63) is 70.7 Å². The van der Waals surface area contributed by atoms with E-state index in [1.54, 1.807) is 0 Å². The van der Waals surface area contributed by atoms with Gasteiger partial charge in [-0.2, -0.15) is 0 Å². The van der Waals surface area contributed by atoms with Gasteiger partial charge in [0, 0.05) is 17.1 Å². The zero-order valence-corrected chi connectivity index (χ0v) is 17.0. The molecule has 0 N–H and O–H groups in total. The number of nitrogens with zero attached hydrogens (tertiary/aromatic N) is 1. The first-order valence-corrected chi connectivity index (χ1v) is 10.2. The fraction of sp³-hybridized carbons (Fsp3) is 0.435. The van der Waals surface area contributed by atoms with Crippen LogP contribution in [0.15, 0.2) is 54.6 Å². The van der Waals surface area contributed by atoms with E-state index in [0.29, 0.717) is 11.1 Å². The molecular weight excluding hydrogens is 374 g/mol. The standard InChI is InChI=1S/C23H26ClNO3/c1-25-18-12-13-19(25)21(23(26)27-2)20(14-18)28-22(15-6-4-3-5-7-15)16-8-10-17(24)11-9-16/h3-11,18-22H,12-14H2,1-2H3/t18-,19+,20+,21-,22?/m1/s1. The number of fused-ring (bicyclic) bond motifs is 2. The second kappa shape index (κ2) is 8.24. The summed E-state index contributed by atoms with van der Waals surface area (Å²) in [5.74, 6) is -0.447. The highest BCUT2D eigenvalue weighted by atomic mass is 35.5. The van der Waals surface area contributed by atoms with Crippen molar-refractivity contribution in [3.8, 4) is 0 Å². The summed E-state index contributed by atoms with van der Waals surface area (Å²) in [6.07, 6.45) is 2.52. The molecule has 2 aromatic rings. The number of rotatable bonds is 5. The van der Waals surface area contributed by atoms with Crippen molar-refractivity contribution in [3.63, 3.8) is 0 Å². The molecular formula is C23H26ClNO3. The fourth-order valence-corrected chi connectivity index (χ4v) is 4.92. The van der Waals surface area contributed by atoms with Gasteiger partial charge in [0.25, 0.3) is 0 Å². The largest absolute Gasteiger partial charge is 0.469 e. The zero-order valence-electron chi connectivity index (χ0n) is 16.3. The molecule has 0 amide bonds. The van der Waals surface area contributed by atoms with Crippen molar-refractivity contribution in [2.45, 2.75) is 43.6 Å². The number of hydrogen-bond donors (Lipinski definition) is 0. The van der Waals surface area contributed by atoms with Crippen LogP contribution in [0.3, 0.4) is 0 Å². The van der Waals surface area contributed by atoms with Crippen molar-refractivity contribution in [1.82, 2.24) is 4.90 Å². The van der Waals surface area contributed by atoms with Gasteiger partial charge in [-0.05, 0) is 49.6 Å². The van der Waals surface area contributed by atoms with E-state index >= 15 is 0 Å². The number of halogens is 1. The Balaban J connectivity index is 1.67. The Bertz CT molecular complexity index is 810. The molecule has 0 spiro atoms. The van der Waals surface area contributed by atoms with Gasteiger partial charge in [-0.25, -0.2) is 0 Å². The van der Waals surface area contributed by atoms with E-state index in [-0.39, 0.29) is 30.1 Å². The molecule has 4 rings (SSSR count). The third-order valence-electron chi connectivity index (χ3n) is 6.27. The molecule has 1 unspecified atom stereocenters. The first-order valence-electron chi connectivity index (χ1n) is 9.84. The summed E-state index contributed by atoms with van der Waals surface area (Å²) in [5, 5.41) is 0.695. The monoisotopic (exact) mass is 399 g/mol. The lowest BCUT2D eigenvalue weighted by atomic mass is 9.87. The predicted molar refractivity (Wildman–Crippen MR) is 109 cm³/mol. The molecule has 0 aromatic heterocycles. The molecule has 2 aliphatic rings. The number of benzene rings is 2. The summed E-state index contributed by atoms with van der Waals surface area (Å²) in [7, 11) is 3.58. The van der Waals surface area contributed by atoms with Crippen molar-refractivity contribution < 1.29 is 14.3 Å². The number of esters is 1. The van der Waals surface area contributed by atoms with E-state index in [9.17, 15) is 4.79 Å². The van der Waals surface area contributed by atoms with Crippen LogP contribution >= 0.6 is 11.6 Å². The highest BCUT2D eigenvalue weighted by Crippen LogP contribution is 2.42. The van der Waals surface area contributed by atoms with Crippen LogP contribution in [0.2, 0.25) is 5.02 Å². The maximum atomic E-state index is 12.7. The number of ether oxygens (including phenoxy) is 2. The van der Waals surface area contributed by atoms with Gasteiger partial charge < -0.3 is 9.47 Å². The zero-order chi connectivity index (χ0) is 19.7. The lowest BCUT2D eigenvalue weighted by Gasteiger charge is -2.42. The summed E-state index contributed by atoms with van der Waals surface area (Å²) in [6, 6.07) is 18.5. The van der Waals surface area contributed by atoms with Crippen LogP contribution in [0.4, 0.5) is 0 Å². The highest BCUT2D eigenvalue weighted by molar-refractivity contribution is 6.30. The van der Waals surface area contributed by atoms with E-state index in [2.05, 4.69) is 24.1 Å². The summed E-state index contributed by atoms with van der Waals surface area (Å²) in [5.41, 5.74) is 2.10. The van der Waals surface area contributed by atoms with Crippen LogP contribution in [-0.4, -0.2) is 43.2 Å². The van der Waals surface area contributed by atoms with Crippen molar-refractivity contribution in [2.24, 2.45) is 5.92 Å². The van der Waals surface area contributed by atoms with Crippen molar-refractivity contribution in [2.75, 3.05) is 14.2 Å². The molecule has 0 saturated carbocycles. The summed E-state index contributed by atoms with van der Waals surface area (Å²) < 4.78 is 11.9. The molecule has 28 heavy (non-hydrogen) atoms. The SMILES string of the molecule is COC(=O)[C@H]1[C@@H](OC(c2ccccc2)c2ccc(Cl)cc2)C[C@H]2CC[C@@H]1N2C. The molecule has 2 heterocycles. The smallest absolute Gasteiger partial charge is 0.312 e. The summed E-state index contributed by atoms with van der Waals surface area (Å²) >= 11 is 6.09. The number of carbonyl (C=O) groups excluding carboxylic acids is 1. The Hall–Kier alpha value is -1.88. The van der Waals surface area contributed by atoms with E-state index < -0.39 is 0 Å². The molecule has 2 fully saturated rings. The van der Waals surface area contributed by atoms with E-state index in [4.69, 9.17) is 21.1 Å². The van der Waals surface area contributed by atoms with Crippen LogP contribution < -0.4 is 0 Å². The van der Waals surface area contributed by atoms with E-state index in [1.165, 1.54) is 7.11 Å². The van der Waals surface area contributed by atoms with E-state index in [1.807, 2.05) is 42.5 Å². The number of carbonyl (C=O) groups is 1. The Labute approximate surface area is 171 Å². The van der Waals surface area contributed by atoms with Crippen LogP contribution in [0.25, 0.3) is 0 Å². The van der Waals surface area contributed by atoms with Crippen LogP contribution in [0.1, 0.15) is 36.5 Å². The van der Waals surface area contributed by atoms with Gasteiger partial charge in [-0.1, -0.05) is 54.1 Å². The van der Waals surface area contributed by atoms with Gasteiger partial charge in [0.15, 0.2) is 0 Å². The van der Waals surface area contributed by atoms with Gasteiger partial charge in [0.05, 0.1) is 19.1 Å². The van der Waals surface area contributed by atoms with Gasteiger partial charge in [0.1, 0.15) is 6.10 Å². The molecule has 4 nitrogen and oxygen atoms in total. The van der Waals surface area contributed by atoms with Crippen molar-refractivity contribution >= 4 is 17.6 Å². The average molecular weight is 400 g/mol. The maximum Gasteiger partial charge on any atom is 0.312 e. The lowest BCUT2D eigenvalue weighted by molar-refractivity contribution is -0.162. The highest BCUT2D eigenvalue weighted by Gasteiger charge is 2.50. The van der Waals surface area contributed by atoms with Crippen molar-refractivity contribution in [1.29, 1.82) is 0 Å². The van der Waals surface area contributed by atoms with Gasteiger partial charge in [-0.15, -0.1) is 0 Å². The van der Waals surface area contributed by atoms with Gasteiger partial charge >= 0.3 is 5.97 Å². The molecule has 5 heteroatoms. The maximum absolute atomic E-state index is 12.7.